The molecule has 0 saturated carbocycles. The summed E-state index contributed by atoms with van der Waals surface area (Å²) in [5.74, 6) is 0. The van der Waals surface area contributed by atoms with Gasteiger partial charge in [0.2, 0.25) is 10.0 Å². The van der Waals surface area contributed by atoms with E-state index in [2.05, 4.69) is 20.7 Å². The second-order valence-electron chi connectivity index (χ2n) is 7.78. The molecular weight excluding hydrogens is 420 g/mol. The van der Waals surface area contributed by atoms with Crippen LogP contribution < -0.4 is 4.72 Å². The van der Waals surface area contributed by atoms with E-state index in [9.17, 15) is 13.2 Å². The number of amides is 1. The van der Waals surface area contributed by atoms with E-state index in [1.807, 2.05) is 34.6 Å². The molecule has 0 aromatic heterocycles. The maximum atomic E-state index is 12.6. The average molecular weight is 447 g/mol. The first-order valence-corrected chi connectivity index (χ1v) is 10.9. The van der Waals surface area contributed by atoms with Crippen LogP contribution in [0.3, 0.4) is 0 Å². The summed E-state index contributed by atoms with van der Waals surface area (Å²) in [6, 6.07) is 4.65. The van der Waals surface area contributed by atoms with Gasteiger partial charge in [0, 0.05) is 23.1 Å². The molecule has 1 fully saturated rings. The zero-order chi connectivity index (χ0) is 19.7. The van der Waals surface area contributed by atoms with Crippen LogP contribution in [0, 0.1) is 6.92 Å². The molecule has 146 valence electrons. The average Bonchev–Trinajstić information content (AvgIpc) is 2.47. The highest BCUT2D eigenvalue weighted by molar-refractivity contribution is 9.10. The number of nitrogens with one attached hydrogen (secondary N) is 1. The number of ether oxygens (including phenoxy) is 1. The summed E-state index contributed by atoms with van der Waals surface area (Å²) >= 11 is 3.38. The lowest BCUT2D eigenvalue weighted by molar-refractivity contribution is 0.0102. The minimum Gasteiger partial charge on any atom is -0.444 e. The van der Waals surface area contributed by atoms with E-state index in [4.69, 9.17) is 4.74 Å². The van der Waals surface area contributed by atoms with E-state index in [1.54, 1.807) is 23.1 Å². The molecule has 1 amide bonds. The molecule has 26 heavy (non-hydrogen) atoms. The van der Waals surface area contributed by atoms with E-state index in [0.717, 1.165) is 10.0 Å². The van der Waals surface area contributed by atoms with Crippen molar-refractivity contribution in [3.63, 3.8) is 0 Å². The molecule has 0 bridgehead atoms. The molecule has 1 aliphatic rings. The van der Waals surface area contributed by atoms with Crippen molar-refractivity contribution in [3.8, 4) is 0 Å². The number of piperidine rings is 1. The van der Waals surface area contributed by atoms with Crippen LogP contribution in [0.4, 0.5) is 4.79 Å². The van der Waals surface area contributed by atoms with Gasteiger partial charge in [-0.05, 0) is 71.2 Å². The zero-order valence-electron chi connectivity index (χ0n) is 15.9. The summed E-state index contributed by atoms with van der Waals surface area (Å²) in [6.45, 7) is 9.71. The van der Waals surface area contributed by atoms with Crippen LogP contribution in [0.25, 0.3) is 0 Å². The fourth-order valence-corrected chi connectivity index (χ4v) is 4.56. The number of rotatable bonds is 3. The number of carbonyl (C=O) groups is 1. The Bertz CT molecular complexity index is 774. The Morgan fingerprint density at radius 2 is 2.00 bits per heavy atom. The summed E-state index contributed by atoms with van der Waals surface area (Å²) in [6.07, 6.45) is 0.751. The van der Waals surface area contributed by atoms with E-state index < -0.39 is 15.6 Å². The van der Waals surface area contributed by atoms with Gasteiger partial charge in [-0.2, -0.15) is 0 Å². The molecule has 1 aromatic carbocycles. The maximum Gasteiger partial charge on any atom is 0.410 e. The van der Waals surface area contributed by atoms with Gasteiger partial charge in [-0.1, -0.05) is 15.9 Å². The number of sulfonamides is 1. The third-order valence-corrected chi connectivity index (χ3v) is 6.67. The Morgan fingerprint density at radius 3 is 2.54 bits per heavy atom. The van der Waals surface area contributed by atoms with E-state index >= 15 is 0 Å². The number of carbonyl (C=O) groups excluding carboxylic acids is 1. The highest BCUT2D eigenvalue weighted by atomic mass is 79.9. The number of hydrogen-bond acceptors (Lipinski definition) is 4. The van der Waals surface area contributed by atoms with Gasteiger partial charge in [0.05, 0.1) is 4.90 Å². The van der Waals surface area contributed by atoms with Gasteiger partial charge in [-0.25, -0.2) is 17.9 Å². The number of halogens is 1. The lowest BCUT2D eigenvalue weighted by Gasteiger charge is -2.38. The van der Waals surface area contributed by atoms with Crippen LogP contribution in [-0.2, 0) is 14.8 Å². The number of hydrogen-bond donors (Lipinski definition) is 1. The van der Waals surface area contributed by atoms with Gasteiger partial charge in [-0.3, -0.25) is 0 Å². The molecule has 2 rings (SSSR count). The number of aryl methyl sites for hydroxylation is 1. The van der Waals surface area contributed by atoms with Crippen molar-refractivity contribution in [1.82, 2.24) is 9.62 Å². The van der Waals surface area contributed by atoms with Crippen LogP contribution in [0.1, 0.15) is 46.1 Å². The van der Waals surface area contributed by atoms with Crippen LogP contribution in [-0.4, -0.2) is 43.6 Å². The first-order chi connectivity index (χ1) is 11.9. The largest absolute Gasteiger partial charge is 0.444 e. The van der Waals surface area contributed by atoms with Gasteiger partial charge in [0.15, 0.2) is 0 Å². The van der Waals surface area contributed by atoms with Gasteiger partial charge >= 0.3 is 6.09 Å². The summed E-state index contributed by atoms with van der Waals surface area (Å²) in [5, 5.41) is 0. The first-order valence-electron chi connectivity index (χ1n) is 8.67. The van der Waals surface area contributed by atoms with Crippen molar-refractivity contribution in [2.75, 3.05) is 6.54 Å². The van der Waals surface area contributed by atoms with Gasteiger partial charge < -0.3 is 9.64 Å². The fraction of sp³-hybridized carbons (Fsp3) is 0.611. The Labute approximate surface area is 164 Å². The minimum absolute atomic E-state index is 0.0991. The predicted molar refractivity (Wildman–Crippen MR) is 105 cm³/mol. The molecule has 0 spiro atoms. The molecule has 6 nitrogen and oxygen atoms in total. The van der Waals surface area contributed by atoms with Gasteiger partial charge in [0.1, 0.15) is 5.60 Å². The van der Waals surface area contributed by atoms with E-state index in [-0.39, 0.29) is 23.1 Å². The Morgan fingerprint density at radius 1 is 1.35 bits per heavy atom. The fourth-order valence-electron chi connectivity index (χ4n) is 2.94. The molecule has 1 N–H and O–H groups in total. The molecule has 1 aliphatic heterocycles. The Hall–Kier alpha value is -1.12. The zero-order valence-corrected chi connectivity index (χ0v) is 18.3. The highest BCUT2D eigenvalue weighted by Crippen LogP contribution is 2.24. The van der Waals surface area contributed by atoms with Crippen LogP contribution in [0.5, 0.6) is 0 Å². The minimum atomic E-state index is -3.59. The predicted octanol–water partition coefficient (Wildman–Crippen LogP) is 3.82. The third-order valence-electron chi connectivity index (χ3n) is 4.27. The second kappa shape index (κ2) is 7.86. The normalized spacial score (nSPS) is 21.5. The molecule has 2 unspecified atom stereocenters. The van der Waals surface area contributed by atoms with Crippen molar-refractivity contribution in [3.05, 3.63) is 28.2 Å². The first kappa shape index (κ1) is 21.2. The maximum absolute atomic E-state index is 12.6. The van der Waals surface area contributed by atoms with Crippen molar-refractivity contribution in [1.29, 1.82) is 0 Å². The number of benzene rings is 1. The number of likely N-dealkylation sites (tertiary alicyclic amines) is 1. The van der Waals surface area contributed by atoms with Crippen LogP contribution in [0.2, 0.25) is 0 Å². The van der Waals surface area contributed by atoms with Crippen molar-refractivity contribution >= 4 is 32.0 Å². The summed E-state index contributed by atoms with van der Waals surface area (Å²) in [5.41, 5.74) is 0.315. The summed E-state index contributed by atoms with van der Waals surface area (Å²) in [4.78, 5) is 14.2. The molecular formula is C18H27BrN2O4S. The monoisotopic (exact) mass is 446 g/mol. The highest BCUT2D eigenvalue weighted by Gasteiger charge is 2.33. The molecule has 0 aliphatic carbocycles. The molecule has 0 radical (unpaired) electrons. The van der Waals surface area contributed by atoms with E-state index in [1.165, 1.54) is 0 Å². The van der Waals surface area contributed by atoms with Crippen LogP contribution in [0.15, 0.2) is 27.6 Å². The SMILES string of the molecule is Cc1cc(S(=O)(=O)NC2CCN(C(=O)OC(C)(C)C)C(C)C2)ccc1Br. The van der Waals surface area contributed by atoms with E-state index in [0.29, 0.717) is 19.4 Å². The quantitative estimate of drug-likeness (QED) is 0.765. The smallest absolute Gasteiger partial charge is 0.410 e. The molecule has 1 aromatic rings. The molecule has 1 saturated heterocycles. The molecule has 8 heteroatoms. The Balaban J connectivity index is 2.02. The van der Waals surface area contributed by atoms with Crippen molar-refractivity contribution < 1.29 is 17.9 Å². The lowest BCUT2D eigenvalue weighted by Crippen LogP contribution is -2.51. The number of nitrogens with zero attached hydrogens (tertiary/aromatic N) is 1. The topological polar surface area (TPSA) is 75.7 Å². The summed E-state index contributed by atoms with van der Waals surface area (Å²) < 4.78 is 34.4. The third kappa shape index (κ3) is 5.44. The Kier molecular flexibility index (Phi) is 6.40. The standard InChI is InChI=1S/C18H27BrN2O4S/c1-12-10-15(6-7-16(12)19)26(23,24)20-14-8-9-21(13(2)11-14)17(22)25-18(3,4)5/h6-7,10,13-14,20H,8-9,11H2,1-5H3. The lowest BCUT2D eigenvalue weighted by atomic mass is 10.00. The van der Waals surface area contributed by atoms with Gasteiger partial charge in [-0.15, -0.1) is 0 Å². The summed E-state index contributed by atoms with van der Waals surface area (Å²) in [7, 11) is -3.59. The van der Waals surface area contributed by atoms with Crippen LogP contribution >= 0.6 is 15.9 Å². The molecule has 1 heterocycles. The van der Waals surface area contributed by atoms with Crippen molar-refractivity contribution in [2.24, 2.45) is 0 Å². The second-order valence-corrected chi connectivity index (χ2v) is 10.3. The van der Waals surface area contributed by atoms with Crippen molar-refractivity contribution in [2.45, 2.75) is 70.0 Å². The van der Waals surface area contributed by atoms with Gasteiger partial charge in [0.25, 0.3) is 0 Å². The molecule has 2 atom stereocenters.